The quantitative estimate of drug-likeness (QED) is 0.835. The molecule has 0 aromatic carbocycles. The van der Waals surface area contributed by atoms with Crippen LogP contribution in [0.25, 0.3) is 6.08 Å². The molecule has 3 rings (SSSR count). The van der Waals surface area contributed by atoms with Crippen LogP contribution in [0.5, 0.6) is 5.88 Å². The number of nitrogens with one attached hydrogen (secondary N) is 1. The third kappa shape index (κ3) is 3.41. The van der Waals surface area contributed by atoms with Gasteiger partial charge in [0.05, 0.1) is 5.70 Å². The van der Waals surface area contributed by atoms with Crippen molar-refractivity contribution in [3.63, 3.8) is 0 Å². The van der Waals surface area contributed by atoms with Gasteiger partial charge in [0.1, 0.15) is 5.56 Å². The minimum atomic E-state index is -0.608. The van der Waals surface area contributed by atoms with Crippen molar-refractivity contribution < 1.29 is 5.11 Å². The summed E-state index contributed by atoms with van der Waals surface area (Å²) < 4.78 is 1.21. The standard InChI is InChI=1S/C17H19N3O3/c21-15-14(11-13-7-4-9-18-13)16(22)20(17(23)19-15)10-8-12-5-2-1-3-6-12/h4-5,7,9,11,22H,1-3,6,8,10H2,(H,19,21,23)/b13-11-. The largest absolute Gasteiger partial charge is 0.494 e. The molecule has 0 spiro atoms. The number of aliphatic imine (C=N–C) groups is 1. The molecule has 0 unspecified atom stereocenters. The molecule has 0 atom stereocenters. The minimum Gasteiger partial charge on any atom is -0.494 e. The van der Waals surface area contributed by atoms with Crippen LogP contribution in [0, 0.1) is 0 Å². The number of hydrogen-bond acceptors (Lipinski definition) is 4. The lowest BCUT2D eigenvalue weighted by Gasteiger charge is -2.14. The van der Waals surface area contributed by atoms with Crippen LogP contribution in [0.15, 0.2) is 44.1 Å². The highest BCUT2D eigenvalue weighted by Crippen LogP contribution is 2.22. The summed E-state index contributed by atoms with van der Waals surface area (Å²) in [7, 11) is 0. The molecule has 120 valence electrons. The highest BCUT2D eigenvalue weighted by Gasteiger charge is 2.14. The van der Waals surface area contributed by atoms with Crippen molar-refractivity contribution in [1.82, 2.24) is 9.55 Å². The van der Waals surface area contributed by atoms with Crippen molar-refractivity contribution in [3.05, 3.63) is 55.9 Å². The minimum absolute atomic E-state index is 0.0564. The molecule has 2 aliphatic rings. The lowest BCUT2D eigenvalue weighted by molar-refractivity contribution is 0.397. The van der Waals surface area contributed by atoms with Crippen LogP contribution in [0.4, 0.5) is 0 Å². The topological polar surface area (TPSA) is 87.5 Å². The van der Waals surface area contributed by atoms with E-state index < -0.39 is 11.2 Å². The molecule has 0 radical (unpaired) electrons. The first kappa shape index (κ1) is 15.3. The molecule has 1 aliphatic carbocycles. The van der Waals surface area contributed by atoms with Crippen LogP contribution in [0.1, 0.15) is 37.7 Å². The fourth-order valence-corrected chi connectivity index (χ4v) is 2.85. The van der Waals surface area contributed by atoms with Crippen LogP contribution in [0.2, 0.25) is 0 Å². The van der Waals surface area contributed by atoms with Gasteiger partial charge in [-0.05, 0) is 50.3 Å². The number of aromatic amines is 1. The lowest BCUT2D eigenvalue weighted by atomic mass is 9.97. The molecule has 2 heterocycles. The number of hydrogen-bond donors (Lipinski definition) is 2. The first-order valence-electron chi connectivity index (χ1n) is 7.81. The summed E-state index contributed by atoms with van der Waals surface area (Å²) >= 11 is 0. The molecule has 6 nitrogen and oxygen atoms in total. The predicted octanol–water partition coefficient (Wildman–Crippen LogP) is 2.11. The van der Waals surface area contributed by atoms with E-state index in [0.717, 1.165) is 12.8 Å². The molecule has 0 fully saturated rings. The van der Waals surface area contributed by atoms with Gasteiger partial charge in [-0.3, -0.25) is 19.3 Å². The van der Waals surface area contributed by atoms with E-state index in [1.165, 1.54) is 29.1 Å². The highest BCUT2D eigenvalue weighted by atomic mass is 16.3. The number of aromatic hydroxyl groups is 1. The SMILES string of the molecule is O=c1[nH]c(=O)n(CCC2=CCCCC2)c(O)c1/C=C1/C=CC=N1. The second kappa shape index (κ2) is 6.64. The molecule has 6 heteroatoms. The van der Waals surface area contributed by atoms with Gasteiger partial charge in [0.25, 0.3) is 5.56 Å². The number of aromatic nitrogens is 2. The molecular formula is C17H19N3O3. The Morgan fingerprint density at radius 1 is 1.35 bits per heavy atom. The third-order valence-electron chi connectivity index (χ3n) is 4.12. The summed E-state index contributed by atoms with van der Waals surface area (Å²) in [6.07, 6.45) is 13.9. The van der Waals surface area contributed by atoms with E-state index in [9.17, 15) is 14.7 Å². The highest BCUT2D eigenvalue weighted by molar-refractivity contribution is 5.79. The smallest absolute Gasteiger partial charge is 0.331 e. The average Bonchev–Trinajstić information content (AvgIpc) is 3.05. The Morgan fingerprint density at radius 2 is 2.22 bits per heavy atom. The molecule has 1 aromatic rings. The van der Waals surface area contributed by atoms with Crippen molar-refractivity contribution in [1.29, 1.82) is 0 Å². The van der Waals surface area contributed by atoms with Crippen molar-refractivity contribution >= 4 is 12.3 Å². The molecule has 0 saturated carbocycles. The Labute approximate surface area is 133 Å². The van der Waals surface area contributed by atoms with Crippen LogP contribution in [-0.4, -0.2) is 20.9 Å². The van der Waals surface area contributed by atoms with Gasteiger partial charge in [0, 0.05) is 12.8 Å². The van der Waals surface area contributed by atoms with Crippen molar-refractivity contribution in [2.75, 3.05) is 0 Å². The zero-order valence-electron chi connectivity index (χ0n) is 12.8. The summed E-state index contributed by atoms with van der Waals surface area (Å²) in [6, 6.07) is 0. The fourth-order valence-electron chi connectivity index (χ4n) is 2.85. The molecule has 1 aromatic heterocycles. The first-order valence-corrected chi connectivity index (χ1v) is 7.81. The van der Waals surface area contributed by atoms with E-state index in [0.29, 0.717) is 18.7 Å². The van der Waals surface area contributed by atoms with Crippen LogP contribution in [-0.2, 0) is 6.54 Å². The van der Waals surface area contributed by atoms with Gasteiger partial charge in [0.2, 0.25) is 5.88 Å². The van der Waals surface area contributed by atoms with Gasteiger partial charge >= 0.3 is 5.69 Å². The van der Waals surface area contributed by atoms with E-state index >= 15 is 0 Å². The second-order valence-corrected chi connectivity index (χ2v) is 5.71. The Morgan fingerprint density at radius 3 is 2.91 bits per heavy atom. The Balaban J connectivity index is 1.90. The maximum absolute atomic E-state index is 12.0. The number of H-pyrrole nitrogens is 1. The normalized spacial score (nSPS) is 18.6. The van der Waals surface area contributed by atoms with Crippen LogP contribution >= 0.6 is 0 Å². The molecule has 23 heavy (non-hydrogen) atoms. The summed E-state index contributed by atoms with van der Waals surface area (Å²) in [5.74, 6) is -0.307. The average molecular weight is 313 g/mol. The third-order valence-corrected chi connectivity index (χ3v) is 4.12. The lowest BCUT2D eigenvalue weighted by Crippen LogP contribution is -2.31. The Bertz CT molecular complexity index is 824. The zero-order valence-corrected chi connectivity index (χ0v) is 12.8. The number of nitrogens with zero attached hydrogens (tertiary/aromatic N) is 2. The van der Waals surface area contributed by atoms with Gasteiger partial charge in [-0.2, -0.15) is 0 Å². The van der Waals surface area contributed by atoms with Gasteiger partial charge in [-0.1, -0.05) is 11.6 Å². The maximum atomic E-state index is 12.0. The van der Waals surface area contributed by atoms with E-state index in [4.69, 9.17) is 0 Å². The predicted molar refractivity (Wildman–Crippen MR) is 89.8 cm³/mol. The van der Waals surface area contributed by atoms with E-state index in [2.05, 4.69) is 16.1 Å². The van der Waals surface area contributed by atoms with E-state index in [1.807, 2.05) is 0 Å². The molecular weight excluding hydrogens is 294 g/mol. The molecule has 0 saturated heterocycles. The van der Waals surface area contributed by atoms with Crippen molar-refractivity contribution in [2.45, 2.75) is 38.6 Å². The van der Waals surface area contributed by atoms with Crippen LogP contribution < -0.4 is 11.2 Å². The number of rotatable bonds is 4. The van der Waals surface area contributed by atoms with Crippen molar-refractivity contribution in [3.8, 4) is 5.88 Å². The molecule has 2 N–H and O–H groups in total. The summed E-state index contributed by atoms with van der Waals surface area (Å²) in [5, 5.41) is 10.3. The summed E-state index contributed by atoms with van der Waals surface area (Å²) in [5.41, 5.74) is 0.726. The molecule has 0 amide bonds. The van der Waals surface area contributed by atoms with Crippen molar-refractivity contribution in [2.24, 2.45) is 4.99 Å². The van der Waals surface area contributed by atoms with E-state index in [1.54, 1.807) is 18.4 Å². The second-order valence-electron chi connectivity index (χ2n) is 5.71. The summed E-state index contributed by atoms with van der Waals surface area (Å²) in [6.45, 7) is 0.350. The first-order chi connectivity index (χ1) is 11.1. The van der Waals surface area contributed by atoms with Gasteiger partial charge < -0.3 is 5.11 Å². The van der Waals surface area contributed by atoms with Gasteiger partial charge in [0.15, 0.2) is 0 Å². The monoisotopic (exact) mass is 313 g/mol. The summed E-state index contributed by atoms with van der Waals surface area (Å²) in [4.78, 5) is 30.2. The molecule has 1 aliphatic heterocycles. The van der Waals surface area contributed by atoms with E-state index in [-0.39, 0.29) is 11.4 Å². The van der Waals surface area contributed by atoms with Gasteiger partial charge in [-0.15, -0.1) is 0 Å². The Kier molecular flexibility index (Phi) is 4.41. The number of allylic oxidation sites excluding steroid dienone is 4. The molecule has 0 bridgehead atoms. The Hall–Kier alpha value is -2.63. The van der Waals surface area contributed by atoms with Gasteiger partial charge in [-0.25, -0.2) is 4.79 Å². The van der Waals surface area contributed by atoms with Crippen LogP contribution in [0.3, 0.4) is 0 Å². The maximum Gasteiger partial charge on any atom is 0.331 e. The zero-order chi connectivity index (χ0) is 16.2. The fraction of sp³-hybridized carbons (Fsp3) is 0.353.